The van der Waals surface area contributed by atoms with Gasteiger partial charge in [0, 0.05) is 5.75 Å². The van der Waals surface area contributed by atoms with Gasteiger partial charge in [-0.2, -0.15) is 0 Å². The molecule has 9 heteroatoms. The van der Waals surface area contributed by atoms with Gasteiger partial charge in [-0.05, 0) is 5.57 Å². The second kappa shape index (κ2) is 4.76. The number of hydrogen-bond acceptors (Lipinski definition) is 6. The molecule has 3 aliphatic heterocycles. The van der Waals surface area contributed by atoms with E-state index in [2.05, 4.69) is 0 Å². The van der Waals surface area contributed by atoms with Crippen LogP contribution in [0.1, 0.15) is 6.42 Å². The van der Waals surface area contributed by atoms with E-state index in [1.165, 1.54) is 16.7 Å². The molecule has 3 N–H and O–H groups in total. The molecule has 0 aromatic heterocycles. The summed E-state index contributed by atoms with van der Waals surface area (Å²) in [6, 6.07) is -0.710. The molecular formula is C11H13N3O5S. The average Bonchev–Trinajstić information content (AvgIpc) is 2.70. The molecule has 0 radical (unpaired) electrons. The zero-order chi connectivity index (χ0) is 14.4. The number of aliphatic carboxylic acids is 1. The lowest BCUT2D eigenvalue weighted by molar-refractivity contribution is -0.159. The first-order valence-electron chi connectivity index (χ1n) is 6.08. The molecule has 3 heterocycles. The molecule has 0 saturated carbocycles. The smallest absolute Gasteiger partial charge is 0.352 e. The van der Waals surface area contributed by atoms with E-state index in [1.807, 2.05) is 0 Å². The Labute approximate surface area is 118 Å². The Bertz CT molecular complexity index is 534. The standard InChI is InChI=1S/C11H13N3O5S/c12-6-3-19-13(10(6)16)2-5-4-20-8-1-7(15)14(8)9(5)11(17)18/h6,8H,1-4,12H2,(H,17,18)/t6?,8-/m1/s1. The summed E-state index contributed by atoms with van der Waals surface area (Å²) in [4.78, 5) is 41.1. The third-order valence-corrected chi connectivity index (χ3v) is 4.72. The topological polar surface area (TPSA) is 113 Å². The van der Waals surface area contributed by atoms with Gasteiger partial charge in [0.15, 0.2) is 0 Å². The third-order valence-electron chi connectivity index (χ3n) is 3.44. The van der Waals surface area contributed by atoms with Crippen LogP contribution in [0.4, 0.5) is 0 Å². The second-order valence-corrected chi connectivity index (χ2v) is 5.93. The number of amides is 2. The quantitative estimate of drug-likeness (QED) is 0.625. The molecule has 1 unspecified atom stereocenters. The minimum atomic E-state index is -1.16. The van der Waals surface area contributed by atoms with Crippen LogP contribution in [0, 0.1) is 0 Å². The van der Waals surface area contributed by atoms with E-state index in [1.54, 1.807) is 0 Å². The minimum absolute atomic E-state index is 0.0255. The van der Waals surface area contributed by atoms with Crippen molar-refractivity contribution < 1.29 is 24.3 Å². The van der Waals surface area contributed by atoms with Crippen molar-refractivity contribution >= 4 is 29.5 Å². The van der Waals surface area contributed by atoms with Crippen LogP contribution in [-0.4, -0.2) is 63.2 Å². The minimum Gasteiger partial charge on any atom is -0.477 e. The highest BCUT2D eigenvalue weighted by Crippen LogP contribution is 2.40. The van der Waals surface area contributed by atoms with Crippen LogP contribution in [-0.2, 0) is 19.2 Å². The first-order valence-corrected chi connectivity index (χ1v) is 7.12. The number of rotatable bonds is 3. The Morgan fingerprint density at radius 2 is 2.25 bits per heavy atom. The van der Waals surface area contributed by atoms with Crippen LogP contribution in [0.5, 0.6) is 0 Å². The molecule has 3 rings (SSSR count). The van der Waals surface area contributed by atoms with Gasteiger partial charge in [0.1, 0.15) is 11.7 Å². The van der Waals surface area contributed by atoms with E-state index in [0.717, 1.165) is 5.06 Å². The molecule has 2 saturated heterocycles. The van der Waals surface area contributed by atoms with Gasteiger partial charge in [-0.15, -0.1) is 11.8 Å². The normalized spacial score (nSPS) is 29.6. The largest absolute Gasteiger partial charge is 0.477 e. The van der Waals surface area contributed by atoms with Crippen LogP contribution in [0.2, 0.25) is 0 Å². The summed E-state index contributed by atoms with van der Waals surface area (Å²) in [6.45, 7) is 0.116. The number of hydrogen-bond donors (Lipinski definition) is 2. The summed E-state index contributed by atoms with van der Waals surface area (Å²) in [6.07, 6.45) is 0.360. The zero-order valence-corrected chi connectivity index (χ0v) is 11.3. The molecule has 0 bridgehead atoms. The van der Waals surface area contributed by atoms with Crippen LogP contribution in [0.15, 0.2) is 11.3 Å². The van der Waals surface area contributed by atoms with E-state index in [0.29, 0.717) is 17.7 Å². The molecule has 0 aliphatic carbocycles. The monoisotopic (exact) mass is 299 g/mol. The number of nitrogens with zero attached hydrogens (tertiary/aromatic N) is 2. The SMILES string of the molecule is NC1CON(CC2=C(C(=O)O)N3C(=O)C[C@H]3SC2)C1=O. The lowest BCUT2D eigenvalue weighted by Crippen LogP contribution is -2.54. The van der Waals surface area contributed by atoms with Crippen molar-refractivity contribution in [1.82, 2.24) is 9.96 Å². The lowest BCUT2D eigenvalue weighted by Gasteiger charge is -2.44. The molecule has 0 aromatic carbocycles. The van der Waals surface area contributed by atoms with E-state index >= 15 is 0 Å². The number of hydroxylamine groups is 2. The molecule has 8 nitrogen and oxygen atoms in total. The first kappa shape index (κ1) is 13.4. The predicted molar refractivity (Wildman–Crippen MR) is 68.0 cm³/mol. The van der Waals surface area contributed by atoms with Gasteiger partial charge in [-0.3, -0.25) is 19.3 Å². The Morgan fingerprint density at radius 1 is 1.50 bits per heavy atom. The number of carbonyl (C=O) groups is 3. The van der Waals surface area contributed by atoms with Crippen molar-refractivity contribution in [1.29, 1.82) is 0 Å². The van der Waals surface area contributed by atoms with Crippen LogP contribution < -0.4 is 5.73 Å². The number of fused-ring (bicyclic) bond motifs is 1. The zero-order valence-electron chi connectivity index (χ0n) is 10.4. The molecule has 20 heavy (non-hydrogen) atoms. The maximum atomic E-state index is 11.7. The van der Waals surface area contributed by atoms with Crippen LogP contribution in [0.3, 0.4) is 0 Å². The van der Waals surface area contributed by atoms with Gasteiger partial charge in [0.25, 0.3) is 5.91 Å². The predicted octanol–water partition coefficient (Wildman–Crippen LogP) is -1.27. The fourth-order valence-electron chi connectivity index (χ4n) is 2.39. The van der Waals surface area contributed by atoms with Crippen LogP contribution >= 0.6 is 11.8 Å². The van der Waals surface area contributed by atoms with Crippen molar-refractivity contribution in [2.75, 3.05) is 18.9 Å². The number of β-lactam (4-membered cyclic amide) rings is 1. The summed E-state index contributed by atoms with van der Waals surface area (Å²) in [5, 5.41) is 10.3. The molecule has 0 aromatic rings. The van der Waals surface area contributed by atoms with Crippen molar-refractivity contribution in [3.63, 3.8) is 0 Å². The molecule has 108 valence electrons. The Hall–Kier alpha value is -1.58. The van der Waals surface area contributed by atoms with E-state index in [4.69, 9.17) is 10.6 Å². The van der Waals surface area contributed by atoms with E-state index in [9.17, 15) is 19.5 Å². The number of carboxylic acids is 1. The van der Waals surface area contributed by atoms with Gasteiger partial charge < -0.3 is 10.8 Å². The number of carbonyl (C=O) groups excluding carboxylic acids is 2. The van der Waals surface area contributed by atoms with Crippen molar-refractivity contribution in [3.8, 4) is 0 Å². The van der Waals surface area contributed by atoms with Gasteiger partial charge in [0.05, 0.1) is 24.9 Å². The number of carboxylic acid groups (broad SMARTS) is 1. The summed E-state index contributed by atoms with van der Waals surface area (Å²) >= 11 is 1.49. The summed E-state index contributed by atoms with van der Waals surface area (Å²) in [5.41, 5.74) is 6.00. The molecule has 2 fully saturated rings. The Kier molecular flexibility index (Phi) is 3.19. The maximum Gasteiger partial charge on any atom is 0.352 e. The second-order valence-electron chi connectivity index (χ2n) is 4.77. The fraction of sp³-hybridized carbons (Fsp3) is 0.545. The molecule has 2 atom stereocenters. The molecule has 0 spiro atoms. The molecular weight excluding hydrogens is 286 g/mol. The van der Waals surface area contributed by atoms with E-state index < -0.39 is 12.0 Å². The average molecular weight is 299 g/mol. The lowest BCUT2D eigenvalue weighted by atomic mass is 10.1. The Balaban J connectivity index is 1.85. The van der Waals surface area contributed by atoms with Crippen molar-refractivity contribution in [2.45, 2.75) is 17.8 Å². The number of nitrogens with two attached hydrogens (primary N) is 1. The summed E-state index contributed by atoms with van der Waals surface area (Å²) in [7, 11) is 0. The summed E-state index contributed by atoms with van der Waals surface area (Å²) < 4.78 is 0. The Morgan fingerprint density at radius 3 is 2.80 bits per heavy atom. The van der Waals surface area contributed by atoms with Gasteiger partial charge in [0.2, 0.25) is 5.91 Å². The van der Waals surface area contributed by atoms with E-state index in [-0.39, 0.29) is 36.0 Å². The van der Waals surface area contributed by atoms with Gasteiger partial charge >= 0.3 is 5.97 Å². The fourth-order valence-corrected chi connectivity index (χ4v) is 3.64. The first-order chi connectivity index (χ1) is 9.49. The highest BCUT2D eigenvalue weighted by atomic mass is 32.2. The number of thioether (sulfide) groups is 1. The van der Waals surface area contributed by atoms with Gasteiger partial charge in [-0.1, -0.05) is 0 Å². The molecule has 2 amide bonds. The molecule has 3 aliphatic rings. The van der Waals surface area contributed by atoms with Crippen LogP contribution in [0.25, 0.3) is 0 Å². The van der Waals surface area contributed by atoms with Crippen molar-refractivity contribution in [3.05, 3.63) is 11.3 Å². The summed E-state index contributed by atoms with van der Waals surface area (Å²) in [5.74, 6) is -1.28. The van der Waals surface area contributed by atoms with Crippen molar-refractivity contribution in [2.24, 2.45) is 5.73 Å². The highest BCUT2D eigenvalue weighted by molar-refractivity contribution is 8.00. The highest BCUT2D eigenvalue weighted by Gasteiger charge is 2.46. The maximum absolute atomic E-state index is 11.7. The third kappa shape index (κ3) is 1.98. The van der Waals surface area contributed by atoms with Gasteiger partial charge in [-0.25, -0.2) is 9.86 Å².